The van der Waals surface area contributed by atoms with E-state index in [1.165, 1.54) is 0 Å². The predicted octanol–water partition coefficient (Wildman–Crippen LogP) is 5.56. The smallest absolute Gasteiger partial charge is 0.181 e. The summed E-state index contributed by atoms with van der Waals surface area (Å²) in [7, 11) is 0. The van der Waals surface area contributed by atoms with E-state index in [-0.39, 0.29) is 15.5 Å². The van der Waals surface area contributed by atoms with Gasteiger partial charge in [-0.2, -0.15) is 0 Å². The normalized spacial score (nSPS) is 10.9. The Balaban J connectivity index is 0.000000143. The first-order chi connectivity index (χ1) is 11.4. The van der Waals surface area contributed by atoms with Crippen LogP contribution in [0.2, 0.25) is 10.0 Å². The van der Waals surface area contributed by atoms with Crippen molar-refractivity contribution < 1.29 is 18.0 Å². The van der Waals surface area contributed by atoms with Crippen LogP contribution in [0.5, 0.6) is 0 Å². The Morgan fingerprint density at radius 1 is 0.792 bits per heavy atom. The van der Waals surface area contributed by atoms with Crippen molar-refractivity contribution in [2.24, 2.45) is 0 Å². The van der Waals surface area contributed by atoms with E-state index in [9.17, 15) is 8.78 Å². The summed E-state index contributed by atoms with van der Waals surface area (Å²) in [6.07, 6.45) is 0. The summed E-state index contributed by atoms with van der Waals surface area (Å²) < 4.78 is 35.4. The van der Waals surface area contributed by atoms with Crippen molar-refractivity contribution in [1.29, 1.82) is 0 Å². The van der Waals surface area contributed by atoms with Gasteiger partial charge in [-0.1, -0.05) is 23.2 Å². The molecule has 0 N–H and O–H groups in total. The number of benzene rings is 2. The van der Waals surface area contributed by atoms with E-state index in [0.717, 1.165) is 4.47 Å². The molecule has 0 aliphatic heterocycles. The van der Waals surface area contributed by atoms with E-state index in [4.69, 9.17) is 23.2 Å². The van der Waals surface area contributed by atoms with Gasteiger partial charge in [0.2, 0.25) is 0 Å². The lowest BCUT2D eigenvalue weighted by Gasteiger charge is -1.97. The summed E-state index contributed by atoms with van der Waals surface area (Å²) >= 11 is 17.3. The van der Waals surface area contributed by atoms with E-state index >= 15 is 0 Å². The molecule has 4 rings (SSSR count). The highest BCUT2D eigenvalue weighted by Crippen LogP contribution is 2.33. The second kappa shape index (κ2) is 6.87. The Morgan fingerprint density at radius 2 is 1.38 bits per heavy atom. The zero-order chi connectivity index (χ0) is 17.4. The Morgan fingerprint density at radius 3 is 2.04 bits per heavy atom. The first-order valence-corrected chi connectivity index (χ1v) is 8.26. The van der Waals surface area contributed by atoms with E-state index < -0.39 is 16.7 Å². The van der Waals surface area contributed by atoms with Crippen LogP contribution < -0.4 is 0 Å². The molecule has 0 aliphatic carbocycles. The topological polar surface area (TPSA) is 77.8 Å². The number of rotatable bonds is 0. The largest absolute Gasteiger partial charge is 0.243 e. The van der Waals surface area contributed by atoms with Crippen LogP contribution in [-0.4, -0.2) is 20.6 Å². The van der Waals surface area contributed by atoms with Gasteiger partial charge in [0.1, 0.15) is 5.02 Å². The molecule has 12 heteroatoms. The van der Waals surface area contributed by atoms with Crippen LogP contribution in [0.3, 0.4) is 0 Å². The lowest BCUT2D eigenvalue weighted by molar-refractivity contribution is 0.315. The van der Waals surface area contributed by atoms with Crippen molar-refractivity contribution in [3.8, 4) is 0 Å². The molecule has 0 amide bonds. The van der Waals surface area contributed by atoms with Crippen LogP contribution in [0.1, 0.15) is 0 Å². The van der Waals surface area contributed by atoms with Crippen molar-refractivity contribution in [3.05, 3.63) is 42.8 Å². The highest BCUT2D eigenvalue weighted by molar-refractivity contribution is 9.11. The summed E-state index contributed by atoms with van der Waals surface area (Å²) in [5.74, 6) is -2.27. The maximum atomic E-state index is 13.0. The quantitative estimate of drug-likeness (QED) is 0.231. The summed E-state index contributed by atoms with van der Waals surface area (Å²) in [5.41, 5.74) is 1.29. The van der Waals surface area contributed by atoms with Crippen LogP contribution in [0.15, 0.2) is 30.3 Å². The van der Waals surface area contributed by atoms with E-state index in [1.54, 1.807) is 12.1 Å². The van der Waals surface area contributed by atoms with Crippen LogP contribution in [0.25, 0.3) is 22.1 Å². The SMILES string of the molecule is Clc1ccc(Br)c2nonc12.Fc1c(F)c(Br)c2nonc2c1Cl. The lowest BCUT2D eigenvalue weighted by Crippen LogP contribution is -1.89. The Hall–Kier alpha value is -1.36. The third kappa shape index (κ3) is 2.99. The van der Waals surface area contributed by atoms with Crippen molar-refractivity contribution in [2.75, 3.05) is 0 Å². The van der Waals surface area contributed by atoms with Crippen molar-refractivity contribution >= 4 is 77.1 Å². The fraction of sp³-hybridized carbons (Fsp3) is 0. The van der Waals surface area contributed by atoms with Crippen molar-refractivity contribution in [3.63, 3.8) is 0 Å². The fourth-order valence-electron chi connectivity index (χ4n) is 1.68. The molecule has 124 valence electrons. The van der Waals surface area contributed by atoms with Gasteiger partial charge in [-0.15, -0.1) is 0 Å². The average Bonchev–Trinajstić information content (AvgIpc) is 3.24. The van der Waals surface area contributed by atoms with Crippen LogP contribution in [-0.2, 0) is 0 Å². The van der Waals surface area contributed by atoms with Crippen molar-refractivity contribution in [1.82, 2.24) is 20.6 Å². The van der Waals surface area contributed by atoms with Crippen LogP contribution in [0, 0.1) is 11.6 Å². The minimum Gasteiger partial charge on any atom is -0.243 e. The number of aromatic nitrogens is 4. The Kier molecular flexibility index (Phi) is 5.00. The van der Waals surface area contributed by atoms with Gasteiger partial charge in [-0.05, 0) is 64.6 Å². The number of fused-ring (bicyclic) bond motifs is 2. The molecule has 0 aliphatic rings. The van der Waals surface area contributed by atoms with Gasteiger partial charge >= 0.3 is 0 Å². The molecule has 0 saturated carbocycles. The molecular weight excluding hydrogens is 501 g/mol. The highest BCUT2D eigenvalue weighted by Gasteiger charge is 2.20. The number of nitrogens with zero attached hydrogens (tertiary/aromatic N) is 4. The summed E-state index contributed by atoms with van der Waals surface area (Å²) in [6.45, 7) is 0. The van der Waals surface area contributed by atoms with Crippen LogP contribution in [0.4, 0.5) is 8.78 Å². The third-order valence-corrected chi connectivity index (χ3v) is 4.81. The van der Waals surface area contributed by atoms with Gasteiger partial charge < -0.3 is 0 Å². The molecule has 4 aromatic rings. The highest BCUT2D eigenvalue weighted by atomic mass is 79.9. The van der Waals surface area contributed by atoms with E-state index in [0.29, 0.717) is 16.1 Å². The number of halogens is 6. The summed E-state index contributed by atoms with van der Waals surface area (Å²) in [6, 6.07) is 3.53. The first kappa shape index (κ1) is 17.5. The molecule has 0 saturated heterocycles. The molecule has 0 fully saturated rings. The van der Waals surface area contributed by atoms with Gasteiger partial charge in [0.15, 0.2) is 33.7 Å². The van der Waals surface area contributed by atoms with Gasteiger partial charge in [-0.25, -0.2) is 18.0 Å². The zero-order valence-corrected chi connectivity index (χ0v) is 15.7. The minimum atomic E-state index is -1.17. The number of hydrogen-bond acceptors (Lipinski definition) is 6. The monoisotopic (exact) mass is 500 g/mol. The molecule has 0 atom stereocenters. The molecule has 0 bridgehead atoms. The molecular formula is C12H2Br2Cl2F2N4O2. The third-order valence-electron chi connectivity index (χ3n) is 2.80. The molecule has 2 aromatic heterocycles. The molecule has 0 spiro atoms. The maximum Gasteiger partial charge on any atom is 0.181 e. The molecule has 0 unspecified atom stereocenters. The Bertz CT molecular complexity index is 979. The summed E-state index contributed by atoms with van der Waals surface area (Å²) in [4.78, 5) is 0. The maximum absolute atomic E-state index is 13.0. The average molecular weight is 503 g/mol. The predicted molar refractivity (Wildman–Crippen MR) is 88.9 cm³/mol. The first-order valence-electron chi connectivity index (χ1n) is 5.92. The molecule has 2 heterocycles. The zero-order valence-electron chi connectivity index (χ0n) is 11.0. The van der Waals surface area contributed by atoms with E-state index in [2.05, 4.69) is 61.7 Å². The van der Waals surface area contributed by atoms with Gasteiger partial charge in [0.05, 0.1) is 9.50 Å². The molecule has 0 radical (unpaired) electrons. The van der Waals surface area contributed by atoms with Crippen molar-refractivity contribution in [2.45, 2.75) is 0 Å². The second-order valence-corrected chi connectivity index (χ2v) is 6.64. The summed E-state index contributed by atoms with van der Waals surface area (Å²) in [5, 5.41) is 14.1. The fourth-order valence-corrected chi connectivity index (χ4v) is 2.90. The van der Waals surface area contributed by atoms with Gasteiger partial charge in [0, 0.05) is 4.47 Å². The minimum absolute atomic E-state index is 0.00700. The molecule has 2 aromatic carbocycles. The lowest BCUT2D eigenvalue weighted by atomic mass is 10.3. The second-order valence-electron chi connectivity index (χ2n) is 4.21. The molecule has 24 heavy (non-hydrogen) atoms. The molecule has 6 nitrogen and oxygen atoms in total. The van der Waals surface area contributed by atoms with Crippen LogP contribution >= 0.6 is 55.1 Å². The van der Waals surface area contributed by atoms with Gasteiger partial charge in [0.25, 0.3) is 0 Å². The number of hydrogen-bond donors (Lipinski definition) is 0. The Labute approximate surface area is 158 Å². The van der Waals surface area contributed by atoms with E-state index in [1.807, 2.05) is 0 Å². The van der Waals surface area contributed by atoms with Gasteiger partial charge in [-0.3, -0.25) is 0 Å². The standard InChI is InChI=1S/C6BrClF2N2O.C6H2BrClN2O/c7-1-3(9)4(10)2(8)6-5(1)11-13-12-6;7-3-1-2-4(8)6-5(3)9-11-10-6/h;1-2H.